The van der Waals surface area contributed by atoms with E-state index in [1.165, 1.54) is 0 Å². The Kier molecular flexibility index (Phi) is 5.06. The summed E-state index contributed by atoms with van der Waals surface area (Å²) < 4.78 is 9.27. The second kappa shape index (κ2) is 7.43. The Bertz CT molecular complexity index is 898. The molecule has 1 aromatic carbocycles. The molecule has 7 heteroatoms. The summed E-state index contributed by atoms with van der Waals surface area (Å²) in [5.74, 6) is 0.255. The van der Waals surface area contributed by atoms with Crippen molar-refractivity contribution in [1.82, 2.24) is 24.9 Å². The predicted molar refractivity (Wildman–Crippen MR) is 98.2 cm³/mol. The summed E-state index contributed by atoms with van der Waals surface area (Å²) >= 11 is 0. The Morgan fingerprint density at radius 1 is 1.23 bits per heavy atom. The van der Waals surface area contributed by atoms with Crippen LogP contribution in [0.5, 0.6) is 5.88 Å². The average Bonchev–Trinajstić information content (AvgIpc) is 3.15. The highest BCUT2D eigenvalue weighted by molar-refractivity contribution is 5.80. The molecule has 0 aliphatic rings. The number of carbonyl (C=O) groups excluding carboxylic acids is 1. The van der Waals surface area contributed by atoms with Gasteiger partial charge in [-0.05, 0) is 39.0 Å². The van der Waals surface area contributed by atoms with E-state index in [9.17, 15) is 4.79 Å². The van der Waals surface area contributed by atoms with Gasteiger partial charge in [0.05, 0.1) is 23.6 Å². The fourth-order valence-corrected chi connectivity index (χ4v) is 2.65. The Labute approximate surface area is 152 Å². The van der Waals surface area contributed by atoms with Crippen molar-refractivity contribution in [3.63, 3.8) is 0 Å². The topological polar surface area (TPSA) is 74.0 Å². The number of aromatic nitrogens is 4. The summed E-state index contributed by atoms with van der Waals surface area (Å²) in [5, 5.41) is 11.6. The standard InChI is InChI=1S/C19H23N5O2/c1-13-12-24(16-8-6-5-7-9-16)22-19(13)26-15(3)18(25)20-11-17-10-14(2)21-23(17)4/h5-10,12,15H,11H2,1-4H3,(H,20,25). The van der Waals surface area contributed by atoms with Gasteiger partial charge in [-0.3, -0.25) is 9.48 Å². The van der Waals surface area contributed by atoms with Crippen molar-refractivity contribution in [2.75, 3.05) is 0 Å². The minimum absolute atomic E-state index is 0.197. The molecule has 0 aliphatic carbocycles. The van der Waals surface area contributed by atoms with Crippen LogP contribution in [0.4, 0.5) is 0 Å². The van der Waals surface area contributed by atoms with Gasteiger partial charge in [-0.25, -0.2) is 4.68 Å². The van der Waals surface area contributed by atoms with Crippen LogP contribution in [-0.2, 0) is 18.4 Å². The highest BCUT2D eigenvalue weighted by atomic mass is 16.5. The molecule has 0 aliphatic heterocycles. The minimum Gasteiger partial charge on any atom is -0.463 e. The van der Waals surface area contributed by atoms with Gasteiger partial charge in [0.15, 0.2) is 6.10 Å². The lowest BCUT2D eigenvalue weighted by molar-refractivity contribution is -0.127. The first kappa shape index (κ1) is 17.7. The zero-order chi connectivity index (χ0) is 18.7. The van der Waals surface area contributed by atoms with Crippen molar-refractivity contribution in [2.45, 2.75) is 33.4 Å². The number of hydrogen-bond acceptors (Lipinski definition) is 4. The van der Waals surface area contributed by atoms with Crippen LogP contribution in [0.3, 0.4) is 0 Å². The van der Waals surface area contributed by atoms with Gasteiger partial charge in [0.25, 0.3) is 5.91 Å². The van der Waals surface area contributed by atoms with E-state index in [-0.39, 0.29) is 5.91 Å². The number of rotatable bonds is 6. The van der Waals surface area contributed by atoms with E-state index in [2.05, 4.69) is 15.5 Å². The molecule has 0 radical (unpaired) electrons. The highest BCUT2D eigenvalue weighted by Crippen LogP contribution is 2.19. The van der Waals surface area contributed by atoms with Crippen molar-refractivity contribution in [3.8, 4) is 11.6 Å². The van der Waals surface area contributed by atoms with E-state index in [1.807, 2.05) is 63.5 Å². The number of para-hydroxylation sites is 1. The predicted octanol–water partition coefficient (Wildman–Crippen LogP) is 2.31. The number of ether oxygens (including phenoxy) is 1. The van der Waals surface area contributed by atoms with Crippen molar-refractivity contribution in [3.05, 3.63) is 59.5 Å². The summed E-state index contributed by atoms with van der Waals surface area (Å²) in [5.41, 5.74) is 3.67. The normalized spacial score (nSPS) is 12.0. The molecule has 3 aromatic rings. The number of benzene rings is 1. The number of carbonyl (C=O) groups is 1. The van der Waals surface area contributed by atoms with Crippen LogP contribution in [0, 0.1) is 13.8 Å². The van der Waals surface area contributed by atoms with Crippen molar-refractivity contribution in [1.29, 1.82) is 0 Å². The summed E-state index contributed by atoms with van der Waals surface area (Å²) in [6, 6.07) is 11.7. The van der Waals surface area contributed by atoms with E-state index >= 15 is 0 Å². The molecule has 1 N–H and O–H groups in total. The molecule has 0 spiro atoms. The Hall–Kier alpha value is -3.09. The first-order chi connectivity index (χ1) is 12.4. The fourth-order valence-electron chi connectivity index (χ4n) is 2.65. The van der Waals surface area contributed by atoms with Crippen LogP contribution in [0.15, 0.2) is 42.6 Å². The molecule has 136 valence electrons. The first-order valence-corrected chi connectivity index (χ1v) is 8.49. The molecule has 1 atom stereocenters. The van der Waals surface area contributed by atoms with Crippen LogP contribution in [-0.4, -0.2) is 31.6 Å². The van der Waals surface area contributed by atoms with Gasteiger partial charge in [0, 0.05) is 18.8 Å². The molecule has 1 amide bonds. The SMILES string of the molecule is Cc1cc(CNC(=O)C(C)Oc2nn(-c3ccccc3)cc2C)n(C)n1. The van der Waals surface area contributed by atoms with E-state index in [0.717, 1.165) is 22.6 Å². The number of hydrogen-bond donors (Lipinski definition) is 1. The molecule has 0 saturated heterocycles. The molecule has 2 heterocycles. The van der Waals surface area contributed by atoms with Gasteiger partial charge < -0.3 is 10.1 Å². The first-order valence-electron chi connectivity index (χ1n) is 8.49. The summed E-state index contributed by atoms with van der Waals surface area (Å²) in [6.45, 7) is 5.94. The third-order valence-electron chi connectivity index (χ3n) is 4.07. The molecule has 0 bridgehead atoms. The second-order valence-electron chi connectivity index (χ2n) is 6.28. The monoisotopic (exact) mass is 353 g/mol. The zero-order valence-electron chi connectivity index (χ0n) is 15.4. The highest BCUT2D eigenvalue weighted by Gasteiger charge is 2.18. The lowest BCUT2D eigenvalue weighted by Gasteiger charge is -2.13. The molecule has 2 aromatic heterocycles. The average molecular weight is 353 g/mol. The third kappa shape index (κ3) is 3.93. The van der Waals surface area contributed by atoms with E-state index in [4.69, 9.17) is 4.74 Å². The van der Waals surface area contributed by atoms with Gasteiger partial charge in [-0.1, -0.05) is 18.2 Å². The van der Waals surface area contributed by atoms with Crippen molar-refractivity contribution in [2.24, 2.45) is 7.05 Å². The van der Waals surface area contributed by atoms with E-state index in [0.29, 0.717) is 12.4 Å². The lowest BCUT2D eigenvalue weighted by atomic mass is 10.3. The molecule has 26 heavy (non-hydrogen) atoms. The molecule has 1 unspecified atom stereocenters. The maximum Gasteiger partial charge on any atom is 0.261 e. The van der Waals surface area contributed by atoms with Crippen LogP contribution in [0.25, 0.3) is 5.69 Å². The Morgan fingerprint density at radius 3 is 2.62 bits per heavy atom. The maximum atomic E-state index is 12.3. The number of aryl methyl sites for hydroxylation is 3. The quantitative estimate of drug-likeness (QED) is 0.738. The number of nitrogens with zero attached hydrogens (tertiary/aromatic N) is 4. The molecular weight excluding hydrogens is 330 g/mol. The van der Waals surface area contributed by atoms with Gasteiger partial charge in [-0.2, -0.15) is 5.10 Å². The van der Waals surface area contributed by atoms with E-state index < -0.39 is 6.10 Å². The summed E-state index contributed by atoms with van der Waals surface area (Å²) in [6.07, 6.45) is 1.23. The van der Waals surface area contributed by atoms with Crippen LogP contribution in [0.2, 0.25) is 0 Å². The molecular formula is C19H23N5O2. The molecule has 0 saturated carbocycles. The van der Waals surface area contributed by atoms with Gasteiger partial charge >= 0.3 is 0 Å². The molecule has 0 fully saturated rings. The number of nitrogens with one attached hydrogen (secondary N) is 1. The lowest BCUT2D eigenvalue weighted by Crippen LogP contribution is -2.36. The largest absolute Gasteiger partial charge is 0.463 e. The van der Waals surface area contributed by atoms with Gasteiger partial charge in [-0.15, -0.1) is 5.10 Å². The van der Waals surface area contributed by atoms with E-state index in [1.54, 1.807) is 16.3 Å². The van der Waals surface area contributed by atoms with Crippen LogP contribution < -0.4 is 10.1 Å². The number of amides is 1. The minimum atomic E-state index is -0.651. The van der Waals surface area contributed by atoms with Crippen molar-refractivity contribution >= 4 is 5.91 Å². The smallest absolute Gasteiger partial charge is 0.261 e. The van der Waals surface area contributed by atoms with Crippen LogP contribution >= 0.6 is 0 Å². The fraction of sp³-hybridized carbons (Fsp3) is 0.316. The third-order valence-corrected chi connectivity index (χ3v) is 4.07. The molecule has 3 rings (SSSR count). The molecule has 7 nitrogen and oxygen atoms in total. The zero-order valence-corrected chi connectivity index (χ0v) is 15.4. The maximum absolute atomic E-state index is 12.3. The summed E-state index contributed by atoms with van der Waals surface area (Å²) in [4.78, 5) is 12.3. The Morgan fingerprint density at radius 2 is 1.96 bits per heavy atom. The van der Waals surface area contributed by atoms with Crippen molar-refractivity contribution < 1.29 is 9.53 Å². The summed E-state index contributed by atoms with van der Waals surface area (Å²) in [7, 11) is 1.86. The van der Waals surface area contributed by atoms with Gasteiger partial charge in [0.2, 0.25) is 5.88 Å². The van der Waals surface area contributed by atoms with Gasteiger partial charge in [0.1, 0.15) is 0 Å². The van der Waals surface area contributed by atoms with Crippen LogP contribution in [0.1, 0.15) is 23.9 Å². The Balaban J connectivity index is 1.62. The second-order valence-corrected chi connectivity index (χ2v) is 6.28.